The van der Waals surface area contributed by atoms with Crippen LogP contribution in [0.2, 0.25) is 0 Å². The van der Waals surface area contributed by atoms with E-state index in [1.165, 1.54) is 6.20 Å². The van der Waals surface area contributed by atoms with Gasteiger partial charge in [-0.1, -0.05) is 36.4 Å². The molecule has 4 aromatic rings. The van der Waals surface area contributed by atoms with Crippen molar-refractivity contribution in [1.82, 2.24) is 15.4 Å². The lowest BCUT2D eigenvalue weighted by Gasteiger charge is -2.14. The molecule has 7 nitrogen and oxygen atoms in total. The number of nitrogens with two attached hydrogens (primary N) is 2. The monoisotopic (exact) mass is 345 g/mol. The third-order valence-corrected chi connectivity index (χ3v) is 4.28. The number of nitrogens with zero attached hydrogens (tertiary/aromatic N) is 3. The van der Waals surface area contributed by atoms with Gasteiger partial charge in [0.15, 0.2) is 0 Å². The zero-order valence-electron chi connectivity index (χ0n) is 13.6. The van der Waals surface area contributed by atoms with Crippen molar-refractivity contribution in [3.63, 3.8) is 0 Å². The van der Waals surface area contributed by atoms with Crippen LogP contribution in [0.5, 0.6) is 11.5 Å². The van der Waals surface area contributed by atoms with E-state index in [0.717, 1.165) is 10.8 Å². The van der Waals surface area contributed by atoms with Gasteiger partial charge >= 0.3 is 0 Å². The van der Waals surface area contributed by atoms with Gasteiger partial charge in [-0.15, -0.1) is 10.2 Å². The number of rotatable bonds is 2. The maximum atomic E-state index is 10.6. The molecule has 0 radical (unpaired) electrons. The Labute approximate surface area is 148 Å². The molecular weight excluding hydrogens is 330 g/mol. The molecular formula is C19H15N5O2. The highest BCUT2D eigenvalue weighted by molar-refractivity contribution is 6.05. The summed E-state index contributed by atoms with van der Waals surface area (Å²) in [5.41, 5.74) is 13.9. The van der Waals surface area contributed by atoms with Gasteiger partial charge in [0.1, 0.15) is 17.2 Å². The predicted molar refractivity (Wildman–Crippen MR) is 100 cm³/mol. The van der Waals surface area contributed by atoms with Gasteiger partial charge in [0.05, 0.1) is 23.1 Å². The summed E-state index contributed by atoms with van der Waals surface area (Å²) in [6.45, 7) is 0. The van der Waals surface area contributed by atoms with Crippen molar-refractivity contribution < 1.29 is 10.2 Å². The molecule has 0 aliphatic rings. The molecule has 26 heavy (non-hydrogen) atoms. The molecule has 1 aromatic heterocycles. The number of aromatic nitrogens is 3. The number of hydrogen-bond acceptors (Lipinski definition) is 7. The molecule has 0 fully saturated rings. The van der Waals surface area contributed by atoms with E-state index < -0.39 is 0 Å². The van der Waals surface area contributed by atoms with E-state index in [2.05, 4.69) is 15.4 Å². The second-order valence-corrected chi connectivity index (χ2v) is 5.85. The lowest BCUT2D eigenvalue weighted by molar-refractivity contribution is 0.478. The standard InChI is InChI=1S/C19H15N5O2/c20-14-7-3-6-12(18(14)25)13-9-22-24-23-17(13)16-11-5-2-1-4-10(11)8-15(21)19(16)26/h1-9,25-26H,20-21H2. The van der Waals surface area contributed by atoms with Crippen LogP contribution in [-0.4, -0.2) is 25.6 Å². The van der Waals surface area contributed by atoms with Crippen LogP contribution in [0.3, 0.4) is 0 Å². The second kappa shape index (κ2) is 5.89. The zero-order chi connectivity index (χ0) is 18.3. The highest BCUT2D eigenvalue weighted by Crippen LogP contribution is 2.44. The topological polar surface area (TPSA) is 131 Å². The number of aromatic hydroxyl groups is 2. The molecule has 0 atom stereocenters. The van der Waals surface area contributed by atoms with Gasteiger partial charge in [-0.05, 0) is 28.1 Å². The van der Waals surface area contributed by atoms with Gasteiger partial charge in [-0.3, -0.25) is 0 Å². The van der Waals surface area contributed by atoms with E-state index in [0.29, 0.717) is 22.4 Å². The Bertz CT molecular complexity index is 1140. The maximum Gasteiger partial charge on any atom is 0.148 e. The van der Waals surface area contributed by atoms with Crippen LogP contribution in [0, 0.1) is 0 Å². The van der Waals surface area contributed by atoms with Crippen LogP contribution in [0.15, 0.2) is 54.7 Å². The van der Waals surface area contributed by atoms with E-state index in [1.807, 2.05) is 24.3 Å². The third-order valence-electron chi connectivity index (χ3n) is 4.28. The summed E-state index contributed by atoms with van der Waals surface area (Å²) in [6.07, 6.45) is 1.47. The number of phenolic OH excluding ortho intramolecular Hbond substituents is 2. The number of fused-ring (bicyclic) bond motifs is 1. The first kappa shape index (κ1) is 15.6. The number of anilines is 2. The molecule has 0 amide bonds. The van der Waals surface area contributed by atoms with Crippen LogP contribution < -0.4 is 11.5 Å². The molecule has 0 aliphatic heterocycles. The Kier molecular flexibility index (Phi) is 3.54. The van der Waals surface area contributed by atoms with E-state index in [9.17, 15) is 10.2 Å². The van der Waals surface area contributed by atoms with E-state index in [4.69, 9.17) is 11.5 Å². The molecule has 0 unspecified atom stereocenters. The van der Waals surface area contributed by atoms with Crippen molar-refractivity contribution in [3.05, 3.63) is 54.7 Å². The maximum absolute atomic E-state index is 10.6. The highest BCUT2D eigenvalue weighted by atomic mass is 16.3. The summed E-state index contributed by atoms with van der Waals surface area (Å²) < 4.78 is 0. The fourth-order valence-corrected chi connectivity index (χ4v) is 3.03. The largest absolute Gasteiger partial charge is 0.505 e. The second-order valence-electron chi connectivity index (χ2n) is 5.85. The fraction of sp³-hybridized carbons (Fsp3) is 0. The minimum absolute atomic E-state index is 0.0868. The minimum Gasteiger partial charge on any atom is -0.505 e. The van der Waals surface area contributed by atoms with Crippen molar-refractivity contribution in [3.8, 4) is 33.9 Å². The van der Waals surface area contributed by atoms with E-state index in [-0.39, 0.29) is 22.9 Å². The summed E-state index contributed by atoms with van der Waals surface area (Å²) in [7, 11) is 0. The summed E-state index contributed by atoms with van der Waals surface area (Å²) in [5.74, 6) is -0.190. The lowest BCUT2D eigenvalue weighted by Crippen LogP contribution is -1.98. The first-order valence-corrected chi connectivity index (χ1v) is 7.84. The van der Waals surface area contributed by atoms with Crippen molar-refractivity contribution in [2.24, 2.45) is 0 Å². The lowest BCUT2D eigenvalue weighted by atomic mass is 9.94. The van der Waals surface area contributed by atoms with Crippen molar-refractivity contribution >= 4 is 22.1 Å². The molecule has 1 heterocycles. The molecule has 4 rings (SSSR count). The Balaban J connectivity index is 2.10. The summed E-state index contributed by atoms with van der Waals surface area (Å²) in [4.78, 5) is 0. The average Bonchev–Trinajstić information content (AvgIpc) is 2.65. The Hall–Kier alpha value is -3.87. The molecule has 0 bridgehead atoms. The Morgan fingerprint density at radius 2 is 1.62 bits per heavy atom. The number of phenols is 2. The number of nitrogen functional groups attached to an aromatic ring is 2. The summed E-state index contributed by atoms with van der Waals surface area (Å²) >= 11 is 0. The molecule has 6 N–H and O–H groups in total. The molecule has 7 heteroatoms. The quantitative estimate of drug-likeness (QED) is 0.324. The van der Waals surface area contributed by atoms with Crippen molar-refractivity contribution in [2.45, 2.75) is 0 Å². The molecule has 128 valence electrons. The van der Waals surface area contributed by atoms with Crippen molar-refractivity contribution in [2.75, 3.05) is 11.5 Å². The summed E-state index contributed by atoms with van der Waals surface area (Å²) in [6, 6.07) is 14.2. The molecule has 0 saturated heterocycles. The van der Waals surface area contributed by atoms with E-state index in [1.54, 1.807) is 24.3 Å². The fourth-order valence-electron chi connectivity index (χ4n) is 3.03. The highest BCUT2D eigenvalue weighted by Gasteiger charge is 2.21. The van der Waals surface area contributed by atoms with Gasteiger partial charge < -0.3 is 21.7 Å². The van der Waals surface area contributed by atoms with Gasteiger partial charge in [0.25, 0.3) is 0 Å². The van der Waals surface area contributed by atoms with Gasteiger partial charge in [-0.2, -0.15) is 0 Å². The normalized spacial score (nSPS) is 10.9. The Morgan fingerprint density at radius 1 is 0.808 bits per heavy atom. The number of benzene rings is 3. The minimum atomic E-state index is -0.103. The smallest absolute Gasteiger partial charge is 0.148 e. The SMILES string of the molecule is Nc1cccc(-c2cnnnc2-c2c(O)c(N)cc3ccccc23)c1O. The molecule has 0 saturated carbocycles. The van der Waals surface area contributed by atoms with Crippen LogP contribution in [0.4, 0.5) is 11.4 Å². The van der Waals surface area contributed by atoms with Gasteiger partial charge in [0, 0.05) is 11.1 Å². The zero-order valence-corrected chi connectivity index (χ0v) is 13.6. The van der Waals surface area contributed by atoms with Crippen LogP contribution in [-0.2, 0) is 0 Å². The predicted octanol–water partition coefficient (Wildman–Crippen LogP) is 2.93. The van der Waals surface area contributed by atoms with Crippen LogP contribution in [0.1, 0.15) is 0 Å². The Morgan fingerprint density at radius 3 is 2.46 bits per heavy atom. The molecule has 0 aliphatic carbocycles. The number of para-hydroxylation sites is 1. The third kappa shape index (κ3) is 2.34. The number of hydrogen-bond donors (Lipinski definition) is 4. The van der Waals surface area contributed by atoms with E-state index >= 15 is 0 Å². The molecule has 0 spiro atoms. The first-order valence-electron chi connectivity index (χ1n) is 7.84. The first-order chi connectivity index (χ1) is 12.6. The van der Waals surface area contributed by atoms with Crippen LogP contribution >= 0.6 is 0 Å². The average molecular weight is 345 g/mol. The van der Waals surface area contributed by atoms with Gasteiger partial charge in [0.2, 0.25) is 0 Å². The molecule has 3 aromatic carbocycles. The summed E-state index contributed by atoms with van der Waals surface area (Å²) in [5, 5.41) is 34.3. The van der Waals surface area contributed by atoms with Crippen LogP contribution in [0.25, 0.3) is 33.2 Å². The van der Waals surface area contributed by atoms with Gasteiger partial charge in [-0.25, -0.2) is 0 Å². The van der Waals surface area contributed by atoms with Crippen molar-refractivity contribution in [1.29, 1.82) is 0 Å².